The normalized spacial score (nSPS) is 17.0. The molecule has 3 rings (SSSR count). The predicted molar refractivity (Wildman–Crippen MR) is 91.4 cm³/mol. The molecule has 1 unspecified atom stereocenters. The van der Waals surface area contributed by atoms with Crippen molar-refractivity contribution in [3.05, 3.63) is 64.2 Å². The van der Waals surface area contributed by atoms with Crippen LogP contribution in [0.2, 0.25) is 0 Å². The zero-order valence-corrected chi connectivity index (χ0v) is 13.6. The van der Waals surface area contributed by atoms with Gasteiger partial charge in [0.05, 0.1) is 5.92 Å². The number of hydrogen-bond acceptors (Lipinski definition) is 1. The average Bonchev–Trinajstić information content (AvgIpc) is 2.50. The van der Waals surface area contributed by atoms with Gasteiger partial charge in [-0.05, 0) is 62.3 Å². The summed E-state index contributed by atoms with van der Waals surface area (Å²) in [5.41, 5.74) is 7.00. The number of benzene rings is 2. The van der Waals surface area contributed by atoms with Crippen molar-refractivity contribution in [2.24, 2.45) is 0 Å². The Hall–Kier alpha value is -2.09. The van der Waals surface area contributed by atoms with E-state index in [4.69, 9.17) is 0 Å². The van der Waals surface area contributed by atoms with E-state index in [0.717, 1.165) is 36.1 Å². The summed E-state index contributed by atoms with van der Waals surface area (Å²) in [6.45, 7) is 6.21. The van der Waals surface area contributed by atoms with Crippen LogP contribution in [0.1, 0.15) is 46.6 Å². The van der Waals surface area contributed by atoms with Crippen molar-refractivity contribution in [3.63, 3.8) is 0 Å². The lowest BCUT2D eigenvalue weighted by atomic mass is 9.82. The van der Waals surface area contributed by atoms with Crippen LogP contribution in [0.4, 0.5) is 5.69 Å². The van der Waals surface area contributed by atoms with Gasteiger partial charge < -0.3 is 5.32 Å². The minimum atomic E-state index is -0.0231. The van der Waals surface area contributed by atoms with Crippen molar-refractivity contribution in [1.82, 2.24) is 0 Å². The maximum absolute atomic E-state index is 12.8. The van der Waals surface area contributed by atoms with E-state index < -0.39 is 0 Å². The first-order valence-electron chi connectivity index (χ1n) is 8.03. The highest BCUT2D eigenvalue weighted by atomic mass is 16.1. The Labute approximate surface area is 132 Å². The van der Waals surface area contributed by atoms with Crippen molar-refractivity contribution < 1.29 is 4.79 Å². The lowest BCUT2D eigenvalue weighted by molar-refractivity contribution is -0.117. The van der Waals surface area contributed by atoms with E-state index in [1.807, 2.05) is 6.07 Å². The van der Waals surface area contributed by atoms with E-state index in [1.165, 1.54) is 16.7 Å². The molecular formula is C20H23NO. The molecule has 0 radical (unpaired) electrons. The van der Waals surface area contributed by atoms with E-state index in [9.17, 15) is 4.79 Å². The third kappa shape index (κ3) is 2.78. The maximum Gasteiger partial charge on any atom is 0.231 e. The van der Waals surface area contributed by atoms with E-state index in [-0.39, 0.29) is 11.8 Å². The summed E-state index contributed by atoms with van der Waals surface area (Å²) in [7, 11) is 0. The van der Waals surface area contributed by atoms with Gasteiger partial charge in [-0.1, -0.05) is 42.0 Å². The summed E-state index contributed by atoms with van der Waals surface area (Å²) in [4.78, 5) is 12.8. The molecule has 0 saturated heterocycles. The molecule has 2 nitrogen and oxygen atoms in total. The second-order valence-corrected chi connectivity index (χ2v) is 6.41. The van der Waals surface area contributed by atoms with Crippen LogP contribution in [-0.2, 0) is 11.2 Å². The lowest BCUT2D eigenvalue weighted by Gasteiger charge is -2.25. The van der Waals surface area contributed by atoms with Crippen LogP contribution < -0.4 is 5.32 Å². The third-order valence-corrected chi connectivity index (χ3v) is 4.61. The second kappa shape index (κ2) is 5.96. The van der Waals surface area contributed by atoms with Gasteiger partial charge in [0, 0.05) is 5.69 Å². The summed E-state index contributed by atoms with van der Waals surface area (Å²) in [5, 5.41) is 3.18. The average molecular weight is 293 g/mol. The van der Waals surface area contributed by atoms with Crippen LogP contribution >= 0.6 is 0 Å². The molecule has 0 aliphatic heterocycles. The number of anilines is 1. The van der Waals surface area contributed by atoms with Crippen molar-refractivity contribution in [2.45, 2.75) is 46.0 Å². The summed E-state index contributed by atoms with van der Waals surface area (Å²) in [6, 6.07) is 12.6. The van der Waals surface area contributed by atoms with Crippen LogP contribution in [0.3, 0.4) is 0 Å². The second-order valence-electron chi connectivity index (χ2n) is 6.41. The molecule has 0 saturated carbocycles. The van der Waals surface area contributed by atoms with Crippen molar-refractivity contribution in [3.8, 4) is 0 Å². The first kappa shape index (κ1) is 14.8. The monoisotopic (exact) mass is 293 g/mol. The topological polar surface area (TPSA) is 29.1 Å². The largest absolute Gasteiger partial charge is 0.325 e. The number of carbonyl (C=O) groups is 1. The van der Waals surface area contributed by atoms with Gasteiger partial charge in [-0.3, -0.25) is 4.79 Å². The van der Waals surface area contributed by atoms with Gasteiger partial charge in [-0.25, -0.2) is 0 Å². The van der Waals surface area contributed by atoms with Gasteiger partial charge in [0.15, 0.2) is 0 Å². The molecule has 2 aromatic rings. The first-order valence-corrected chi connectivity index (χ1v) is 8.03. The molecule has 0 heterocycles. The zero-order valence-electron chi connectivity index (χ0n) is 13.6. The van der Waals surface area contributed by atoms with Gasteiger partial charge in [-0.2, -0.15) is 0 Å². The molecular weight excluding hydrogens is 270 g/mol. The number of aryl methyl sites for hydroxylation is 4. The van der Waals surface area contributed by atoms with Gasteiger partial charge in [-0.15, -0.1) is 0 Å². The van der Waals surface area contributed by atoms with Gasteiger partial charge in [0.2, 0.25) is 5.91 Å². The fourth-order valence-electron chi connectivity index (χ4n) is 3.61. The summed E-state index contributed by atoms with van der Waals surface area (Å²) < 4.78 is 0. The molecule has 0 aromatic heterocycles. The summed E-state index contributed by atoms with van der Waals surface area (Å²) in [6.07, 6.45) is 3.11. The minimum absolute atomic E-state index is 0.0231. The maximum atomic E-state index is 12.8. The molecule has 2 aromatic carbocycles. The highest BCUT2D eigenvalue weighted by Crippen LogP contribution is 2.33. The predicted octanol–water partition coefficient (Wildman–Crippen LogP) is 4.67. The summed E-state index contributed by atoms with van der Waals surface area (Å²) in [5.74, 6) is 0.104. The molecule has 1 aliphatic carbocycles. The minimum Gasteiger partial charge on any atom is -0.325 e. The van der Waals surface area contributed by atoms with Crippen molar-refractivity contribution in [1.29, 1.82) is 0 Å². The Morgan fingerprint density at radius 1 is 1.09 bits per heavy atom. The Bertz CT molecular complexity index is 694. The van der Waals surface area contributed by atoms with Crippen LogP contribution in [0.15, 0.2) is 36.4 Å². The van der Waals surface area contributed by atoms with E-state index in [1.54, 1.807) is 0 Å². The number of fused-ring (bicyclic) bond motifs is 1. The smallest absolute Gasteiger partial charge is 0.231 e. The lowest BCUT2D eigenvalue weighted by Crippen LogP contribution is -2.25. The highest BCUT2D eigenvalue weighted by molar-refractivity contribution is 5.97. The van der Waals surface area contributed by atoms with Crippen molar-refractivity contribution in [2.75, 3.05) is 5.32 Å². The number of carbonyl (C=O) groups excluding carboxylic acids is 1. The number of hydrogen-bond donors (Lipinski definition) is 1. The van der Waals surface area contributed by atoms with E-state index in [0.29, 0.717) is 0 Å². The standard InChI is InChI=1S/C20H23NO/c1-13-11-14(2)19(15(3)12-13)21-20(22)18-10-6-8-16-7-4-5-9-17(16)18/h4-5,7,9,11-12,18H,6,8,10H2,1-3H3,(H,21,22). The van der Waals surface area contributed by atoms with E-state index >= 15 is 0 Å². The van der Waals surface area contributed by atoms with E-state index in [2.05, 4.69) is 56.4 Å². The number of nitrogens with one attached hydrogen (secondary N) is 1. The fourth-order valence-corrected chi connectivity index (χ4v) is 3.61. The number of rotatable bonds is 2. The molecule has 0 fully saturated rings. The Kier molecular flexibility index (Phi) is 4.02. The zero-order chi connectivity index (χ0) is 15.7. The van der Waals surface area contributed by atoms with Gasteiger partial charge in [0.1, 0.15) is 0 Å². The molecule has 1 atom stereocenters. The molecule has 1 amide bonds. The fraction of sp³-hybridized carbons (Fsp3) is 0.350. The molecule has 114 valence electrons. The third-order valence-electron chi connectivity index (χ3n) is 4.61. The summed E-state index contributed by atoms with van der Waals surface area (Å²) >= 11 is 0. The SMILES string of the molecule is Cc1cc(C)c(NC(=O)C2CCCc3ccccc32)c(C)c1. The first-order chi connectivity index (χ1) is 10.6. The van der Waals surface area contributed by atoms with Crippen LogP contribution in [0.5, 0.6) is 0 Å². The van der Waals surface area contributed by atoms with Crippen LogP contribution in [-0.4, -0.2) is 5.91 Å². The molecule has 1 aliphatic rings. The Morgan fingerprint density at radius 2 is 1.77 bits per heavy atom. The van der Waals surface area contributed by atoms with Crippen LogP contribution in [0, 0.1) is 20.8 Å². The quantitative estimate of drug-likeness (QED) is 0.856. The van der Waals surface area contributed by atoms with Gasteiger partial charge >= 0.3 is 0 Å². The molecule has 2 heteroatoms. The molecule has 0 spiro atoms. The Balaban J connectivity index is 1.88. The highest BCUT2D eigenvalue weighted by Gasteiger charge is 2.26. The molecule has 0 bridgehead atoms. The van der Waals surface area contributed by atoms with Gasteiger partial charge in [0.25, 0.3) is 0 Å². The number of amides is 1. The van der Waals surface area contributed by atoms with Crippen molar-refractivity contribution >= 4 is 11.6 Å². The molecule has 1 N–H and O–H groups in total. The Morgan fingerprint density at radius 3 is 2.50 bits per heavy atom. The molecule has 22 heavy (non-hydrogen) atoms. The van der Waals surface area contributed by atoms with Crippen LogP contribution in [0.25, 0.3) is 0 Å².